The van der Waals surface area contributed by atoms with Crippen molar-refractivity contribution >= 4 is 12.3 Å². The highest BCUT2D eigenvalue weighted by Crippen LogP contribution is 2.52. The molecule has 0 heterocycles. The lowest BCUT2D eigenvalue weighted by molar-refractivity contribution is 0.138. The number of carbonyl (C=O) groups excluding carboxylic acids is 1. The molecule has 22 heavy (non-hydrogen) atoms. The second-order valence-electron chi connectivity index (χ2n) is 5.78. The molecule has 2 atom stereocenters. The fraction of sp³-hybridized carbons (Fsp3) is 0.556. The third-order valence-corrected chi connectivity index (χ3v) is 4.36. The van der Waals surface area contributed by atoms with Crippen LogP contribution in [0.3, 0.4) is 0 Å². The molecule has 2 aliphatic rings. The van der Waals surface area contributed by atoms with E-state index in [1.54, 1.807) is 6.08 Å². The Kier molecular flexibility index (Phi) is 6.27. The summed E-state index contributed by atoms with van der Waals surface area (Å²) in [7, 11) is 0. The molecule has 0 aromatic rings. The molecule has 2 rings (SSSR count). The van der Waals surface area contributed by atoms with Gasteiger partial charge in [-0.25, -0.2) is 4.79 Å². The molecule has 2 N–H and O–H groups in total. The number of ether oxygens (including phenoxy) is 1. The molecule has 0 aromatic heterocycles. The van der Waals surface area contributed by atoms with Gasteiger partial charge in [-0.2, -0.15) is 0 Å². The standard InChI is InChI=1S/C18H24N2O2/c1-2-7-14(10-11-19)12-20-18(21)22-13-17-15-8-5-3-4-6-9-16(15)17/h2,7,10-11,15-17,19H,5-6,8-9,12-13H2,1H3,(H,20,21)/b7-2-,14-10+,19-11?. The van der Waals surface area contributed by atoms with E-state index < -0.39 is 0 Å². The Morgan fingerprint density at radius 3 is 2.59 bits per heavy atom. The molecule has 0 spiro atoms. The fourth-order valence-electron chi connectivity index (χ4n) is 3.17. The molecule has 0 aliphatic heterocycles. The molecule has 2 aliphatic carbocycles. The van der Waals surface area contributed by atoms with E-state index in [1.807, 2.05) is 19.1 Å². The van der Waals surface area contributed by atoms with E-state index in [0.29, 0.717) is 30.9 Å². The van der Waals surface area contributed by atoms with Crippen LogP contribution in [0.15, 0.2) is 23.8 Å². The zero-order valence-corrected chi connectivity index (χ0v) is 13.1. The topological polar surface area (TPSA) is 62.2 Å². The Morgan fingerprint density at radius 2 is 2.00 bits per heavy atom. The summed E-state index contributed by atoms with van der Waals surface area (Å²) >= 11 is 0. The van der Waals surface area contributed by atoms with Gasteiger partial charge in [-0.3, -0.25) is 0 Å². The van der Waals surface area contributed by atoms with Crippen molar-refractivity contribution < 1.29 is 9.53 Å². The molecule has 118 valence electrons. The number of carbonyl (C=O) groups is 1. The first-order chi connectivity index (χ1) is 10.8. The van der Waals surface area contributed by atoms with E-state index in [4.69, 9.17) is 10.1 Å². The Morgan fingerprint density at radius 1 is 1.32 bits per heavy atom. The second kappa shape index (κ2) is 8.43. The summed E-state index contributed by atoms with van der Waals surface area (Å²) in [5.41, 5.74) is 0.875. The van der Waals surface area contributed by atoms with E-state index in [1.165, 1.54) is 6.21 Å². The highest BCUT2D eigenvalue weighted by Gasteiger charge is 2.49. The van der Waals surface area contributed by atoms with E-state index in [9.17, 15) is 4.79 Å². The highest BCUT2D eigenvalue weighted by atomic mass is 16.5. The van der Waals surface area contributed by atoms with Gasteiger partial charge < -0.3 is 15.5 Å². The minimum Gasteiger partial charge on any atom is -0.449 e. The number of hydrogen-bond donors (Lipinski definition) is 2. The van der Waals surface area contributed by atoms with Crippen LogP contribution in [0.25, 0.3) is 0 Å². The van der Waals surface area contributed by atoms with E-state index >= 15 is 0 Å². The molecular weight excluding hydrogens is 276 g/mol. The molecular formula is C18H24N2O2. The van der Waals surface area contributed by atoms with E-state index in [2.05, 4.69) is 17.2 Å². The van der Waals surface area contributed by atoms with Crippen LogP contribution in [-0.2, 0) is 4.74 Å². The zero-order valence-electron chi connectivity index (χ0n) is 13.1. The van der Waals surface area contributed by atoms with Crippen molar-refractivity contribution in [1.29, 1.82) is 5.41 Å². The second-order valence-corrected chi connectivity index (χ2v) is 5.78. The lowest BCUT2D eigenvalue weighted by atomic mass is 10.1. The van der Waals surface area contributed by atoms with Crippen molar-refractivity contribution in [3.63, 3.8) is 0 Å². The maximum absolute atomic E-state index is 11.8. The molecule has 2 unspecified atom stereocenters. The van der Waals surface area contributed by atoms with Gasteiger partial charge in [-0.05, 0) is 49.2 Å². The van der Waals surface area contributed by atoms with Gasteiger partial charge in [0.25, 0.3) is 0 Å². The van der Waals surface area contributed by atoms with Crippen LogP contribution in [0.2, 0.25) is 0 Å². The lowest BCUT2D eigenvalue weighted by Crippen LogP contribution is -2.27. The predicted molar refractivity (Wildman–Crippen MR) is 87.7 cm³/mol. The summed E-state index contributed by atoms with van der Waals surface area (Å²) < 4.78 is 5.35. The molecule has 0 aromatic carbocycles. The van der Waals surface area contributed by atoms with Crippen LogP contribution >= 0.6 is 0 Å². The molecule has 4 heteroatoms. The van der Waals surface area contributed by atoms with E-state index in [0.717, 1.165) is 31.3 Å². The smallest absolute Gasteiger partial charge is 0.407 e. The molecule has 0 saturated heterocycles. The van der Waals surface area contributed by atoms with Crippen LogP contribution in [-0.4, -0.2) is 25.5 Å². The van der Waals surface area contributed by atoms with Gasteiger partial charge in [0.1, 0.15) is 0 Å². The van der Waals surface area contributed by atoms with Crippen molar-refractivity contribution in [1.82, 2.24) is 5.32 Å². The van der Waals surface area contributed by atoms with Crippen LogP contribution in [0, 0.1) is 35.0 Å². The van der Waals surface area contributed by atoms with Gasteiger partial charge in [0.05, 0.1) is 6.61 Å². The van der Waals surface area contributed by atoms with Crippen molar-refractivity contribution in [3.8, 4) is 11.8 Å². The van der Waals surface area contributed by atoms with Crippen molar-refractivity contribution in [2.75, 3.05) is 13.2 Å². The number of alkyl carbamates (subject to hydrolysis) is 1. The largest absolute Gasteiger partial charge is 0.449 e. The zero-order chi connectivity index (χ0) is 15.8. The molecule has 0 radical (unpaired) electrons. The average molecular weight is 300 g/mol. The summed E-state index contributed by atoms with van der Waals surface area (Å²) in [6, 6.07) is 0. The van der Waals surface area contributed by atoms with Gasteiger partial charge in [0.2, 0.25) is 0 Å². The number of amides is 1. The quantitative estimate of drug-likeness (QED) is 0.449. The van der Waals surface area contributed by atoms with Crippen LogP contribution in [0.1, 0.15) is 32.6 Å². The summed E-state index contributed by atoms with van der Waals surface area (Å²) in [5.74, 6) is 8.27. The first-order valence-electron chi connectivity index (χ1n) is 7.95. The Balaban J connectivity index is 1.68. The third-order valence-electron chi connectivity index (χ3n) is 4.36. The van der Waals surface area contributed by atoms with Crippen molar-refractivity contribution in [2.24, 2.45) is 17.8 Å². The Labute approximate surface area is 132 Å². The first kappa shape index (κ1) is 16.4. The Hall–Kier alpha value is -2.02. The maximum Gasteiger partial charge on any atom is 0.407 e. The SMILES string of the molecule is C/C=C\C(=C/C=N)CNC(=O)OCC1C2CCC#CCCC21. The fourth-order valence-corrected chi connectivity index (χ4v) is 3.17. The summed E-state index contributed by atoms with van der Waals surface area (Å²) in [6.07, 6.45) is 10.5. The van der Waals surface area contributed by atoms with Gasteiger partial charge in [0.15, 0.2) is 0 Å². The van der Waals surface area contributed by atoms with Gasteiger partial charge in [-0.15, -0.1) is 11.8 Å². The molecule has 0 bridgehead atoms. The highest BCUT2D eigenvalue weighted by molar-refractivity contribution is 5.71. The average Bonchev–Trinajstić information content (AvgIpc) is 3.12. The molecule has 1 fully saturated rings. The monoisotopic (exact) mass is 300 g/mol. The van der Waals surface area contributed by atoms with E-state index in [-0.39, 0.29) is 6.09 Å². The molecule has 4 nitrogen and oxygen atoms in total. The van der Waals surface area contributed by atoms with Crippen LogP contribution < -0.4 is 5.32 Å². The minimum atomic E-state index is -0.379. The van der Waals surface area contributed by atoms with Crippen LogP contribution in [0.4, 0.5) is 4.79 Å². The Bertz CT molecular complexity index is 507. The minimum absolute atomic E-state index is 0.379. The van der Waals surface area contributed by atoms with Crippen molar-refractivity contribution in [2.45, 2.75) is 32.6 Å². The molecule has 1 saturated carbocycles. The predicted octanol–water partition coefficient (Wildman–Crippen LogP) is 3.30. The lowest BCUT2D eigenvalue weighted by Gasteiger charge is -2.07. The number of hydrogen-bond acceptors (Lipinski definition) is 3. The maximum atomic E-state index is 11.8. The number of rotatable bonds is 6. The number of nitrogens with one attached hydrogen (secondary N) is 2. The summed E-state index contributed by atoms with van der Waals surface area (Å²) in [5, 5.41) is 9.81. The third kappa shape index (κ3) is 4.77. The first-order valence-corrected chi connectivity index (χ1v) is 7.95. The molecule has 1 amide bonds. The van der Waals surface area contributed by atoms with Gasteiger partial charge >= 0.3 is 6.09 Å². The summed E-state index contributed by atoms with van der Waals surface area (Å²) in [4.78, 5) is 11.8. The summed E-state index contributed by atoms with van der Waals surface area (Å²) in [6.45, 7) is 2.79. The van der Waals surface area contributed by atoms with Crippen LogP contribution in [0.5, 0.6) is 0 Å². The van der Waals surface area contributed by atoms with Gasteiger partial charge in [0, 0.05) is 25.6 Å². The number of allylic oxidation sites excluding steroid dienone is 2. The van der Waals surface area contributed by atoms with Gasteiger partial charge in [-0.1, -0.05) is 12.2 Å². The number of fused-ring (bicyclic) bond motifs is 1. The normalized spacial score (nSPS) is 27.0. The van der Waals surface area contributed by atoms with Crippen molar-refractivity contribution in [3.05, 3.63) is 23.8 Å².